The van der Waals surface area contributed by atoms with E-state index in [1.807, 2.05) is 50.2 Å². The molecule has 150 valence electrons. The minimum Gasteiger partial charge on any atom is -0.490 e. The number of para-hydroxylation sites is 2. The number of halogens is 1. The molecule has 3 aromatic rings. The molecule has 3 rings (SSSR count). The highest BCUT2D eigenvalue weighted by Crippen LogP contribution is 2.27. The summed E-state index contributed by atoms with van der Waals surface area (Å²) in [6.45, 7) is 4.14. The number of furan rings is 1. The minimum absolute atomic E-state index is 0.188. The van der Waals surface area contributed by atoms with E-state index >= 15 is 0 Å². The first-order valence-corrected chi connectivity index (χ1v) is 9.47. The first kappa shape index (κ1) is 20.5. The molecule has 0 aliphatic carbocycles. The van der Waals surface area contributed by atoms with E-state index in [1.165, 1.54) is 6.21 Å². The normalized spacial score (nSPS) is 10.9. The van der Waals surface area contributed by atoms with Gasteiger partial charge in [0.15, 0.2) is 18.1 Å². The average molecular weight is 413 g/mol. The second-order valence-electron chi connectivity index (χ2n) is 6.13. The van der Waals surface area contributed by atoms with Crippen LogP contribution in [-0.2, 0) is 4.79 Å². The van der Waals surface area contributed by atoms with Gasteiger partial charge in [-0.05, 0) is 49.7 Å². The van der Waals surface area contributed by atoms with Gasteiger partial charge in [0.1, 0.15) is 11.5 Å². The second kappa shape index (κ2) is 9.80. The van der Waals surface area contributed by atoms with E-state index in [-0.39, 0.29) is 6.61 Å². The largest absolute Gasteiger partial charge is 0.490 e. The number of rotatable bonds is 8. The fourth-order valence-electron chi connectivity index (χ4n) is 2.51. The topological polar surface area (TPSA) is 73.1 Å². The van der Waals surface area contributed by atoms with E-state index in [0.717, 1.165) is 11.1 Å². The fourth-order valence-corrected chi connectivity index (χ4v) is 2.69. The molecule has 1 amide bonds. The zero-order valence-electron chi connectivity index (χ0n) is 16.1. The zero-order chi connectivity index (χ0) is 20.6. The third kappa shape index (κ3) is 5.62. The molecular weight excluding hydrogens is 392 g/mol. The van der Waals surface area contributed by atoms with Crippen LogP contribution in [-0.4, -0.2) is 25.3 Å². The number of aryl methyl sites for hydroxylation is 1. The Morgan fingerprint density at radius 2 is 1.90 bits per heavy atom. The summed E-state index contributed by atoms with van der Waals surface area (Å²) in [6, 6.07) is 16.4. The first-order chi connectivity index (χ1) is 14.1. The lowest BCUT2D eigenvalue weighted by molar-refractivity contribution is -0.123. The molecule has 7 heteroatoms. The molecule has 6 nitrogen and oxygen atoms in total. The zero-order valence-corrected chi connectivity index (χ0v) is 16.9. The Labute approximate surface area is 174 Å². The monoisotopic (exact) mass is 412 g/mol. The van der Waals surface area contributed by atoms with Gasteiger partial charge >= 0.3 is 0 Å². The lowest BCUT2D eigenvalue weighted by Gasteiger charge is -2.10. The molecule has 0 aliphatic heterocycles. The van der Waals surface area contributed by atoms with Gasteiger partial charge in [-0.1, -0.05) is 35.9 Å². The molecule has 0 fully saturated rings. The molecule has 1 aromatic heterocycles. The molecular formula is C22H21ClN2O4. The minimum atomic E-state index is -0.398. The van der Waals surface area contributed by atoms with Crippen LogP contribution in [0.25, 0.3) is 11.3 Å². The molecule has 0 radical (unpaired) electrons. The van der Waals surface area contributed by atoms with Gasteiger partial charge in [0.25, 0.3) is 5.91 Å². The molecule has 0 spiro atoms. The maximum atomic E-state index is 11.9. The standard InChI is InChI=1S/C22H21ClN2O4/c1-3-27-20-6-4-5-7-21(20)28-14-22(26)25-24-13-17-10-11-19(29-17)16-9-8-15(2)18(23)12-16/h4-13H,3,14H2,1-2H3,(H,25,26)/b24-13+. The van der Waals surface area contributed by atoms with E-state index in [2.05, 4.69) is 10.5 Å². The Kier molecular flexibility index (Phi) is 6.92. The van der Waals surface area contributed by atoms with Gasteiger partial charge in [0.05, 0.1) is 12.8 Å². The Bertz CT molecular complexity index is 1010. The summed E-state index contributed by atoms with van der Waals surface area (Å²) in [4.78, 5) is 11.9. The van der Waals surface area contributed by atoms with Crippen LogP contribution < -0.4 is 14.9 Å². The van der Waals surface area contributed by atoms with E-state index in [9.17, 15) is 4.79 Å². The van der Waals surface area contributed by atoms with Gasteiger partial charge < -0.3 is 13.9 Å². The van der Waals surface area contributed by atoms with Gasteiger partial charge in [-0.15, -0.1) is 0 Å². The number of amides is 1. The number of carbonyl (C=O) groups is 1. The molecule has 0 aliphatic rings. The predicted octanol–water partition coefficient (Wildman–Crippen LogP) is 4.84. The SMILES string of the molecule is CCOc1ccccc1OCC(=O)N/N=C/c1ccc(-c2ccc(C)c(Cl)c2)o1. The Hall–Kier alpha value is -3.25. The van der Waals surface area contributed by atoms with Crippen LogP contribution in [0.5, 0.6) is 11.5 Å². The van der Waals surface area contributed by atoms with Crippen molar-refractivity contribution in [1.29, 1.82) is 0 Å². The van der Waals surface area contributed by atoms with Crippen LogP contribution >= 0.6 is 11.6 Å². The predicted molar refractivity (Wildman–Crippen MR) is 113 cm³/mol. The van der Waals surface area contributed by atoms with Gasteiger partial charge in [-0.25, -0.2) is 5.43 Å². The highest BCUT2D eigenvalue weighted by molar-refractivity contribution is 6.31. The van der Waals surface area contributed by atoms with Crippen LogP contribution in [0.15, 0.2) is 64.1 Å². The number of ether oxygens (including phenoxy) is 2. The maximum absolute atomic E-state index is 11.9. The van der Waals surface area contributed by atoms with Crippen molar-refractivity contribution in [3.8, 4) is 22.8 Å². The number of hydrazone groups is 1. The molecule has 0 saturated carbocycles. The fraction of sp³-hybridized carbons (Fsp3) is 0.182. The van der Waals surface area contributed by atoms with Crippen LogP contribution in [0.1, 0.15) is 18.2 Å². The van der Waals surface area contributed by atoms with Crippen molar-refractivity contribution in [2.24, 2.45) is 5.10 Å². The molecule has 0 bridgehead atoms. The van der Waals surface area contributed by atoms with E-state index in [1.54, 1.807) is 18.2 Å². The summed E-state index contributed by atoms with van der Waals surface area (Å²) in [5, 5.41) is 4.57. The molecule has 29 heavy (non-hydrogen) atoms. The van der Waals surface area contributed by atoms with Crippen molar-refractivity contribution in [3.63, 3.8) is 0 Å². The Morgan fingerprint density at radius 1 is 1.14 bits per heavy atom. The number of nitrogens with one attached hydrogen (secondary N) is 1. The Balaban J connectivity index is 1.53. The lowest BCUT2D eigenvalue weighted by Crippen LogP contribution is -2.24. The second-order valence-corrected chi connectivity index (χ2v) is 6.53. The first-order valence-electron chi connectivity index (χ1n) is 9.09. The molecule has 0 atom stereocenters. The van der Waals surface area contributed by atoms with Crippen LogP contribution in [0.4, 0.5) is 0 Å². The van der Waals surface area contributed by atoms with Crippen LogP contribution in [0, 0.1) is 6.92 Å². The van der Waals surface area contributed by atoms with Gasteiger partial charge in [-0.3, -0.25) is 4.79 Å². The highest BCUT2D eigenvalue weighted by atomic mass is 35.5. The summed E-state index contributed by atoms with van der Waals surface area (Å²) in [5.41, 5.74) is 4.27. The van der Waals surface area contributed by atoms with Crippen LogP contribution in [0.3, 0.4) is 0 Å². The molecule has 2 aromatic carbocycles. The molecule has 0 unspecified atom stereocenters. The van der Waals surface area contributed by atoms with Gasteiger partial charge in [-0.2, -0.15) is 5.10 Å². The summed E-state index contributed by atoms with van der Waals surface area (Å²) in [7, 11) is 0. The Morgan fingerprint density at radius 3 is 2.62 bits per heavy atom. The smallest absolute Gasteiger partial charge is 0.277 e. The summed E-state index contributed by atoms with van der Waals surface area (Å²) in [6.07, 6.45) is 1.42. The van der Waals surface area contributed by atoms with Crippen molar-refractivity contribution < 1.29 is 18.7 Å². The van der Waals surface area contributed by atoms with Gasteiger partial charge in [0.2, 0.25) is 0 Å². The summed E-state index contributed by atoms with van der Waals surface area (Å²) < 4.78 is 16.7. The number of benzene rings is 2. The van der Waals surface area contributed by atoms with Crippen LogP contribution in [0.2, 0.25) is 5.02 Å². The summed E-state index contributed by atoms with van der Waals surface area (Å²) >= 11 is 6.16. The quantitative estimate of drug-likeness (QED) is 0.424. The third-order valence-electron chi connectivity index (χ3n) is 3.97. The third-order valence-corrected chi connectivity index (χ3v) is 4.38. The molecule has 1 heterocycles. The number of hydrogen-bond donors (Lipinski definition) is 1. The average Bonchev–Trinajstić information content (AvgIpc) is 3.18. The number of carbonyl (C=O) groups excluding carboxylic acids is 1. The molecule has 0 saturated heterocycles. The van der Waals surface area contributed by atoms with E-state index < -0.39 is 5.91 Å². The van der Waals surface area contributed by atoms with Crippen molar-refractivity contribution in [2.75, 3.05) is 13.2 Å². The maximum Gasteiger partial charge on any atom is 0.277 e. The lowest BCUT2D eigenvalue weighted by atomic mass is 10.1. The van der Waals surface area contributed by atoms with Crippen molar-refractivity contribution in [1.82, 2.24) is 5.43 Å². The van der Waals surface area contributed by atoms with E-state index in [0.29, 0.717) is 34.6 Å². The molecule has 1 N–H and O–H groups in total. The van der Waals surface area contributed by atoms with Crippen molar-refractivity contribution in [2.45, 2.75) is 13.8 Å². The summed E-state index contributed by atoms with van der Waals surface area (Å²) in [5.74, 6) is 1.85. The van der Waals surface area contributed by atoms with Crippen molar-refractivity contribution >= 4 is 23.7 Å². The van der Waals surface area contributed by atoms with E-state index in [4.69, 9.17) is 25.5 Å². The number of hydrogen-bond acceptors (Lipinski definition) is 5. The number of nitrogens with zero attached hydrogens (tertiary/aromatic N) is 1. The van der Waals surface area contributed by atoms with Gasteiger partial charge in [0, 0.05) is 10.6 Å². The van der Waals surface area contributed by atoms with Crippen molar-refractivity contribution in [3.05, 3.63) is 70.9 Å². The highest BCUT2D eigenvalue weighted by Gasteiger charge is 2.08.